The van der Waals surface area contributed by atoms with Crippen molar-refractivity contribution in [1.29, 1.82) is 0 Å². The second-order valence-corrected chi connectivity index (χ2v) is 5.78. The number of aromatic nitrogens is 2. The molecule has 0 amide bonds. The summed E-state index contributed by atoms with van der Waals surface area (Å²) in [7, 11) is 1.91. The Morgan fingerprint density at radius 3 is 2.75 bits per heavy atom. The van der Waals surface area contributed by atoms with Crippen molar-refractivity contribution in [2.24, 2.45) is 0 Å². The Labute approximate surface area is 107 Å². The maximum Gasteiger partial charge on any atom is 0.159 e. The minimum atomic E-state index is 0.228. The molecule has 0 aliphatic rings. The van der Waals surface area contributed by atoms with Crippen LogP contribution in [-0.4, -0.2) is 17.2 Å². The van der Waals surface area contributed by atoms with Gasteiger partial charge in [-0.25, -0.2) is 0 Å². The van der Waals surface area contributed by atoms with Crippen molar-refractivity contribution in [3.8, 4) is 9.88 Å². The zero-order chi connectivity index (χ0) is 11.7. The number of hydrogen-bond donors (Lipinski definition) is 1. The lowest BCUT2D eigenvalue weighted by molar-refractivity contribution is 0.640. The summed E-state index contributed by atoms with van der Waals surface area (Å²) in [5.41, 5.74) is 1.10. The molecule has 86 valence electrons. The van der Waals surface area contributed by atoms with Gasteiger partial charge in [0.1, 0.15) is 5.01 Å². The van der Waals surface area contributed by atoms with Crippen LogP contribution in [0.5, 0.6) is 0 Å². The van der Waals surface area contributed by atoms with Crippen LogP contribution in [0.15, 0.2) is 5.38 Å². The molecule has 16 heavy (non-hydrogen) atoms. The van der Waals surface area contributed by atoms with Gasteiger partial charge in [0.2, 0.25) is 0 Å². The van der Waals surface area contributed by atoms with Crippen LogP contribution in [0.1, 0.15) is 23.5 Å². The quantitative estimate of drug-likeness (QED) is 0.930. The molecule has 1 N–H and O–H groups in total. The molecule has 0 aromatic carbocycles. The lowest BCUT2D eigenvalue weighted by atomic mass is 10.3. The third-order valence-electron chi connectivity index (χ3n) is 2.34. The van der Waals surface area contributed by atoms with E-state index >= 15 is 0 Å². The molecule has 2 aromatic heterocycles. The average Bonchev–Trinajstić information content (AvgIpc) is 2.87. The van der Waals surface area contributed by atoms with Crippen molar-refractivity contribution in [2.45, 2.75) is 19.9 Å². The summed E-state index contributed by atoms with van der Waals surface area (Å²) in [5, 5.41) is 16.2. The van der Waals surface area contributed by atoms with Crippen LogP contribution in [0.4, 0.5) is 0 Å². The largest absolute Gasteiger partial charge is 0.311 e. The molecule has 0 radical (unpaired) electrons. The van der Waals surface area contributed by atoms with E-state index in [1.807, 2.05) is 19.4 Å². The van der Waals surface area contributed by atoms with E-state index in [9.17, 15) is 0 Å². The summed E-state index contributed by atoms with van der Waals surface area (Å²) >= 11 is 9.40. The van der Waals surface area contributed by atoms with Gasteiger partial charge in [-0.05, 0) is 31.8 Å². The third kappa shape index (κ3) is 2.13. The van der Waals surface area contributed by atoms with Crippen LogP contribution >= 0.6 is 34.3 Å². The number of thiophene rings is 1. The Bertz CT molecular complexity index is 492. The van der Waals surface area contributed by atoms with Crippen LogP contribution < -0.4 is 5.32 Å². The zero-order valence-electron chi connectivity index (χ0n) is 9.24. The van der Waals surface area contributed by atoms with E-state index in [1.165, 1.54) is 0 Å². The summed E-state index contributed by atoms with van der Waals surface area (Å²) in [6.07, 6.45) is 0. The highest BCUT2D eigenvalue weighted by Crippen LogP contribution is 2.38. The highest BCUT2D eigenvalue weighted by atomic mass is 35.5. The van der Waals surface area contributed by atoms with Gasteiger partial charge >= 0.3 is 0 Å². The third-order valence-corrected chi connectivity index (χ3v) is 5.29. The first-order valence-electron chi connectivity index (χ1n) is 4.88. The minimum absolute atomic E-state index is 0.228. The van der Waals surface area contributed by atoms with Gasteiger partial charge in [-0.2, -0.15) is 0 Å². The normalized spacial score (nSPS) is 13.0. The Kier molecular flexibility index (Phi) is 3.59. The van der Waals surface area contributed by atoms with Crippen LogP contribution in [0.2, 0.25) is 5.02 Å². The van der Waals surface area contributed by atoms with Crippen molar-refractivity contribution < 1.29 is 0 Å². The Hall–Kier alpha value is -0.490. The molecule has 6 heteroatoms. The molecule has 1 unspecified atom stereocenters. The highest BCUT2D eigenvalue weighted by Gasteiger charge is 2.15. The summed E-state index contributed by atoms with van der Waals surface area (Å²) in [5.74, 6) is 0. The maximum absolute atomic E-state index is 6.20. The first-order valence-corrected chi connectivity index (χ1v) is 6.95. The van der Waals surface area contributed by atoms with Crippen LogP contribution in [0, 0.1) is 6.92 Å². The van der Waals surface area contributed by atoms with Crippen molar-refractivity contribution in [3.05, 3.63) is 21.0 Å². The fourth-order valence-electron chi connectivity index (χ4n) is 1.20. The Morgan fingerprint density at radius 2 is 2.19 bits per heavy atom. The van der Waals surface area contributed by atoms with E-state index in [0.29, 0.717) is 0 Å². The topological polar surface area (TPSA) is 37.8 Å². The van der Waals surface area contributed by atoms with Crippen LogP contribution in [-0.2, 0) is 0 Å². The van der Waals surface area contributed by atoms with E-state index in [1.54, 1.807) is 22.7 Å². The zero-order valence-corrected chi connectivity index (χ0v) is 11.6. The lowest BCUT2D eigenvalue weighted by Gasteiger charge is -2.02. The second-order valence-electron chi connectivity index (χ2n) is 3.52. The van der Waals surface area contributed by atoms with E-state index in [4.69, 9.17) is 11.6 Å². The SMILES string of the molecule is CNC(C)c1nnc(-c2scc(C)c2Cl)s1. The molecule has 0 saturated carbocycles. The molecule has 2 aromatic rings. The van der Waals surface area contributed by atoms with Gasteiger partial charge in [-0.1, -0.05) is 22.9 Å². The molecule has 0 bridgehead atoms. The monoisotopic (exact) mass is 273 g/mol. The maximum atomic E-state index is 6.20. The smallest absolute Gasteiger partial charge is 0.159 e. The standard InChI is InChI=1S/C10H12ClN3S2/c1-5-4-15-8(7(5)11)10-14-13-9(16-10)6(2)12-3/h4,6,12H,1-3H3. The molecule has 1 atom stereocenters. The first-order chi connectivity index (χ1) is 7.63. The van der Waals surface area contributed by atoms with Gasteiger partial charge in [0.05, 0.1) is 15.9 Å². The first kappa shape index (κ1) is 12.0. The molecule has 0 aliphatic carbocycles. The fraction of sp³-hybridized carbons (Fsp3) is 0.400. The summed E-state index contributed by atoms with van der Waals surface area (Å²) in [6.45, 7) is 4.06. The van der Waals surface area contributed by atoms with Crippen molar-refractivity contribution in [3.63, 3.8) is 0 Å². The van der Waals surface area contributed by atoms with E-state index in [0.717, 1.165) is 25.5 Å². The molecule has 2 heterocycles. The molecular weight excluding hydrogens is 262 g/mol. The predicted octanol–water partition coefficient (Wildman–Crippen LogP) is 3.51. The molecule has 0 fully saturated rings. The molecule has 0 aliphatic heterocycles. The predicted molar refractivity (Wildman–Crippen MR) is 70.4 cm³/mol. The van der Waals surface area contributed by atoms with Crippen molar-refractivity contribution >= 4 is 34.3 Å². The van der Waals surface area contributed by atoms with Crippen LogP contribution in [0.25, 0.3) is 9.88 Å². The van der Waals surface area contributed by atoms with Crippen molar-refractivity contribution in [1.82, 2.24) is 15.5 Å². The molecule has 0 spiro atoms. The van der Waals surface area contributed by atoms with E-state index in [2.05, 4.69) is 22.4 Å². The second kappa shape index (κ2) is 4.79. The minimum Gasteiger partial charge on any atom is -0.311 e. The fourth-order valence-corrected chi connectivity index (χ4v) is 3.54. The summed E-state index contributed by atoms with van der Waals surface area (Å²) in [6, 6.07) is 0.228. The van der Waals surface area contributed by atoms with Gasteiger partial charge in [-0.15, -0.1) is 21.5 Å². The number of nitrogens with zero attached hydrogens (tertiary/aromatic N) is 2. The van der Waals surface area contributed by atoms with Gasteiger partial charge in [-0.3, -0.25) is 0 Å². The van der Waals surface area contributed by atoms with E-state index in [-0.39, 0.29) is 6.04 Å². The average molecular weight is 274 g/mol. The number of aryl methyl sites for hydroxylation is 1. The summed E-state index contributed by atoms with van der Waals surface area (Å²) < 4.78 is 0. The van der Waals surface area contributed by atoms with Gasteiger partial charge < -0.3 is 5.32 Å². The molecule has 2 rings (SSSR count). The van der Waals surface area contributed by atoms with E-state index < -0.39 is 0 Å². The number of halogens is 1. The van der Waals surface area contributed by atoms with Gasteiger partial charge in [0.15, 0.2) is 5.01 Å². The number of hydrogen-bond acceptors (Lipinski definition) is 5. The summed E-state index contributed by atoms with van der Waals surface area (Å²) in [4.78, 5) is 1.02. The number of rotatable bonds is 3. The van der Waals surface area contributed by atoms with Gasteiger partial charge in [0, 0.05) is 0 Å². The Balaban J connectivity index is 2.35. The number of nitrogens with one attached hydrogen (secondary N) is 1. The molecule has 3 nitrogen and oxygen atoms in total. The van der Waals surface area contributed by atoms with Crippen LogP contribution in [0.3, 0.4) is 0 Å². The Morgan fingerprint density at radius 1 is 1.44 bits per heavy atom. The lowest BCUT2D eigenvalue weighted by Crippen LogP contribution is -2.11. The molecular formula is C10H12ClN3S2. The van der Waals surface area contributed by atoms with Crippen molar-refractivity contribution in [2.75, 3.05) is 7.05 Å². The molecule has 0 saturated heterocycles. The highest BCUT2D eigenvalue weighted by molar-refractivity contribution is 7.21. The van der Waals surface area contributed by atoms with Gasteiger partial charge in [0.25, 0.3) is 0 Å².